The first kappa shape index (κ1) is 12.6. The molecule has 0 fully saturated rings. The number of halogens is 1. The van der Waals surface area contributed by atoms with E-state index < -0.39 is 0 Å². The fourth-order valence-corrected chi connectivity index (χ4v) is 2.87. The highest BCUT2D eigenvalue weighted by molar-refractivity contribution is 7.09. The number of rotatable bonds is 5. The minimum Gasteiger partial charge on any atom is -0.313 e. The minimum absolute atomic E-state index is 0.371. The van der Waals surface area contributed by atoms with Crippen LogP contribution < -0.4 is 5.32 Å². The van der Waals surface area contributed by atoms with Crippen molar-refractivity contribution in [2.75, 3.05) is 7.05 Å². The van der Waals surface area contributed by atoms with E-state index in [1.165, 1.54) is 10.4 Å². The third-order valence-electron chi connectivity index (χ3n) is 2.86. The molecule has 1 atom stereocenters. The van der Waals surface area contributed by atoms with Crippen molar-refractivity contribution in [3.05, 3.63) is 57.2 Å². The molecule has 0 aliphatic carbocycles. The maximum absolute atomic E-state index is 6.02. The van der Waals surface area contributed by atoms with Gasteiger partial charge in [-0.3, -0.25) is 0 Å². The molecule has 0 spiro atoms. The standard InChI is InChI=1S/C14H16ClNS/c1-16-14(8-7-13-6-3-9-17-13)11-4-2-5-12(15)10-11/h2-6,9-10,14,16H,7-8H2,1H3. The molecule has 17 heavy (non-hydrogen) atoms. The van der Waals surface area contributed by atoms with Gasteiger partial charge in [0.25, 0.3) is 0 Å². The quantitative estimate of drug-likeness (QED) is 0.850. The van der Waals surface area contributed by atoms with E-state index in [-0.39, 0.29) is 0 Å². The Balaban J connectivity index is 2.01. The van der Waals surface area contributed by atoms with Gasteiger partial charge in [-0.2, -0.15) is 0 Å². The van der Waals surface area contributed by atoms with E-state index in [1.807, 2.05) is 36.6 Å². The molecule has 1 heterocycles. The van der Waals surface area contributed by atoms with Gasteiger partial charge in [0.15, 0.2) is 0 Å². The lowest BCUT2D eigenvalue weighted by Gasteiger charge is -2.16. The predicted octanol–water partition coefficient (Wildman–Crippen LogP) is 4.29. The van der Waals surface area contributed by atoms with Gasteiger partial charge in [-0.05, 0) is 49.0 Å². The summed E-state index contributed by atoms with van der Waals surface area (Å²) in [5.74, 6) is 0. The topological polar surface area (TPSA) is 12.0 Å². The van der Waals surface area contributed by atoms with E-state index in [9.17, 15) is 0 Å². The summed E-state index contributed by atoms with van der Waals surface area (Å²) in [6.07, 6.45) is 2.20. The van der Waals surface area contributed by atoms with E-state index >= 15 is 0 Å². The molecule has 3 heteroatoms. The second-order valence-electron chi connectivity index (χ2n) is 4.01. The first-order valence-corrected chi connectivity index (χ1v) is 7.00. The van der Waals surface area contributed by atoms with Crippen molar-refractivity contribution >= 4 is 22.9 Å². The third-order valence-corrected chi connectivity index (χ3v) is 4.03. The Morgan fingerprint density at radius 2 is 2.18 bits per heavy atom. The van der Waals surface area contributed by atoms with Gasteiger partial charge in [0.2, 0.25) is 0 Å². The van der Waals surface area contributed by atoms with Crippen LogP contribution in [0, 0.1) is 0 Å². The van der Waals surface area contributed by atoms with Crippen molar-refractivity contribution in [1.29, 1.82) is 0 Å². The van der Waals surface area contributed by atoms with Gasteiger partial charge in [0.05, 0.1) is 0 Å². The zero-order valence-electron chi connectivity index (χ0n) is 9.82. The molecule has 0 saturated heterocycles. The molecule has 0 bridgehead atoms. The first-order chi connectivity index (χ1) is 8.29. The fraction of sp³-hybridized carbons (Fsp3) is 0.286. The second-order valence-corrected chi connectivity index (χ2v) is 5.48. The van der Waals surface area contributed by atoms with E-state index in [0.29, 0.717) is 6.04 Å². The molecule has 1 aromatic heterocycles. The second kappa shape index (κ2) is 6.20. The Morgan fingerprint density at radius 3 is 2.82 bits per heavy atom. The van der Waals surface area contributed by atoms with Crippen LogP contribution in [0.2, 0.25) is 5.02 Å². The molecule has 1 unspecified atom stereocenters. The van der Waals surface area contributed by atoms with Crippen molar-refractivity contribution in [1.82, 2.24) is 5.32 Å². The molecule has 0 aliphatic rings. The predicted molar refractivity (Wildman–Crippen MR) is 75.9 cm³/mol. The van der Waals surface area contributed by atoms with Crippen LogP contribution in [0.3, 0.4) is 0 Å². The van der Waals surface area contributed by atoms with Crippen LogP contribution in [0.25, 0.3) is 0 Å². The van der Waals surface area contributed by atoms with Crippen molar-refractivity contribution in [2.45, 2.75) is 18.9 Å². The largest absolute Gasteiger partial charge is 0.313 e. The Morgan fingerprint density at radius 1 is 1.29 bits per heavy atom. The lowest BCUT2D eigenvalue weighted by Crippen LogP contribution is -2.16. The molecule has 2 aromatic rings. The molecule has 2 rings (SSSR count). The van der Waals surface area contributed by atoms with Gasteiger partial charge in [-0.15, -0.1) is 11.3 Å². The molecule has 1 nitrogen and oxygen atoms in total. The maximum atomic E-state index is 6.02. The summed E-state index contributed by atoms with van der Waals surface area (Å²) in [5.41, 5.74) is 1.26. The number of benzene rings is 1. The Hall–Kier alpha value is -0.830. The smallest absolute Gasteiger partial charge is 0.0409 e. The van der Waals surface area contributed by atoms with Crippen molar-refractivity contribution in [2.24, 2.45) is 0 Å². The number of hydrogen-bond donors (Lipinski definition) is 1. The van der Waals surface area contributed by atoms with Crippen LogP contribution in [-0.4, -0.2) is 7.05 Å². The molecule has 0 saturated carbocycles. The van der Waals surface area contributed by atoms with Crippen LogP contribution >= 0.6 is 22.9 Å². The lowest BCUT2D eigenvalue weighted by molar-refractivity contribution is 0.551. The average Bonchev–Trinajstić information content (AvgIpc) is 2.83. The highest BCUT2D eigenvalue weighted by Gasteiger charge is 2.09. The van der Waals surface area contributed by atoms with Crippen LogP contribution in [0.4, 0.5) is 0 Å². The fourth-order valence-electron chi connectivity index (χ4n) is 1.94. The summed E-state index contributed by atoms with van der Waals surface area (Å²) in [5, 5.41) is 6.29. The molecule has 0 amide bonds. The summed E-state index contributed by atoms with van der Waals surface area (Å²) in [4.78, 5) is 1.44. The van der Waals surface area contributed by atoms with Crippen LogP contribution in [0.5, 0.6) is 0 Å². The zero-order chi connectivity index (χ0) is 12.1. The number of nitrogens with one attached hydrogen (secondary N) is 1. The van der Waals surface area contributed by atoms with Gasteiger partial charge >= 0.3 is 0 Å². The normalized spacial score (nSPS) is 12.6. The summed E-state index contributed by atoms with van der Waals surface area (Å²) in [6.45, 7) is 0. The van der Waals surface area contributed by atoms with E-state index in [4.69, 9.17) is 11.6 Å². The molecular weight excluding hydrogens is 250 g/mol. The van der Waals surface area contributed by atoms with Gasteiger partial charge in [0, 0.05) is 15.9 Å². The lowest BCUT2D eigenvalue weighted by atomic mass is 10.0. The highest BCUT2D eigenvalue weighted by Crippen LogP contribution is 2.23. The zero-order valence-corrected chi connectivity index (χ0v) is 11.4. The Kier molecular flexibility index (Phi) is 4.60. The summed E-state index contributed by atoms with van der Waals surface area (Å²) in [6, 6.07) is 12.8. The number of aryl methyl sites for hydroxylation is 1. The summed E-state index contributed by atoms with van der Waals surface area (Å²) < 4.78 is 0. The van der Waals surface area contributed by atoms with Crippen LogP contribution in [0.1, 0.15) is 22.9 Å². The Bertz CT molecular complexity index is 453. The summed E-state index contributed by atoms with van der Waals surface area (Å²) in [7, 11) is 2.00. The molecule has 0 aliphatic heterocycles. The van der Waals surface area contributed by atoms with E-state index in [2.05, 4.69) is 28.9 Å². The maximum Gasteiger partial charge on any atom is 0.0409 e. The van der Waals surface area contributed by atoms with Gasteiger partial charge in [0.1, 0.15) is 0 Å². The monoisotopic (exact) mass is 265 g/mol. The van der Waals surface area contributed by atoms with Crippen molar-refractivity contribution in [3.8, 4) is 0 Å². The average molecular weight is 266 g/mol. The van der Waals surface area contributed by atoms with Crippen LogP contribution in [0.15, 0.2) is 41.8 Å². The molecule has 1 N–H and O–H groups in total. The highest BCUT2D eigenvalue weighted by atomic mass is 35.5. The number of hydrogen-bond acceptors (Lipinski definition) is 2. The van der Waals surface area contributed by atoms with Crippen LogP contribution in [-0.2, 0) is 6.42 Å². The van der Waals surface area contributed by atoms with E-state index in [0.717, 1.165) is 17.9 Å². The van der Waals surface area contributed by atoms with E-state index in [1.54, 1.807) is 0 Å². The molecular formula is C14H16ClNS. The molecule has 90 valence electrons. The van der Waals surface area contributed by atoms with Gasteiger partial charge < -0.3 is 5.32 Å². The number of thiophene rings is 1. The van der Waals surface area contributed by atoms with Gasteiger partial charge in [-0.1, -0.05) is 29.8 Å². The SMILES string of the molecule is CNC(CCc1cccs1)c1cccc(Cl)c1. The minimum atomic E-state index is 0.371. The van der Waals surface area contributed by atoms with Crippen molar-refractivity contribution in [3.63, 3.8) is 0 Å². The molecule has 0 radical (unpaired) electrons. The Labute approximate surface area is 111 Å². The first-order valence-electron chi connectivity index (χ1n) is 5.74. The van der Waals surface area contributed by atoms with Crippen molar-refractivity contribution < 1.29 is 0 Å². The molecule has 1 aromatic carbocycles. The third kappa shape index (κ3) is 3.56. The van der Waals surface area contributed by atoms with Gasteiger partial charge in [-0.25, -0.2) is 0 Å². The summed E-state index contributed by atoms with van der Waals surface area (Å²) >= 11 is 7.84.